The number of nitrogens with one attached hydrogen (secondary N) is 2. The standard InChI is InChI=1S/C9H13N3O2/c1-6(2)14-9-7(8(10)12-13)4-3-5-11-9/h3-6,13H,1-2H3,(H2,10,12). The first-order valence-electron chi connectivity index (χ1n) is 4.26. The molecule has 5 nitrogen and oxygen atoms in total. The minimum Gasteiger partial charge on any atom is -0.474 e. The molecular weight excluding hydrogens is 182 g/mol. The van der Waals surface area contributed by atoms with Crippen molar-refractivity contribution < 1.29 is 9.94 Å². The molecule has 0 fully saturated rings. The van der Waals surface area contributed by atoms with Gasteiger partial charge in [0.1, 0.15) is 0 Å². The Balaban J connectivity index is 2.97. The molecule has 1 heterocycles. The average molecular weight is 195 g/mol. The lowest BCUT2D eigenvalue weighted by Crippen LogP contribution is -2.21. The molecule has 1 aromatic heterocycles. The highest BCUT2D eigenvalue weighted by Gasteiger charge is 2.10. The van der Waals surface area contributed by atoms with Crippen molar-refractivity contribution in [3.05, 3.63) is 23.9 Å². The third-order valence-electron chi connectivity index (χ3n) is 1.50. The maximum absolute atomic E-state index is 8.59. The van der Waals surface area contributed by atoms with Gasteiger partial charge in [-0.3, -0.25) is 16.1 Å². The van der Waals surface area contributed by atoms with E-state index in [2.05, 4.69) is 4.98 Å². The van der Waals surface area contributed by atoms with Gasteiger partial charge in [0.25, 0.3) is 0 Å². The van der Waals surface area contributed by atoms with Crippen LogP contribution in [-0.2, 0) is 0 Å². The van der Waals surface area contributed by atoms with Crippen LogP contribution in [0.15, 0.2) is 18.3 Å². The van der Waals surface area contributed by atoms with Crippen molar-refractivity contribution in [2.75, 3.05) is 0 Å². The summed E-state index contributed by atoms with van der Waals surface area (Å²) < 4.78 is 5.37. The van der Waals surface area contributed by atoms with Crippen LogP contribution >= 0.6 is 0 Å². The Morgan fingerprint density at radius 1 is 1.64 bits per heavy atom. The SMILES string of the molecule is CC(C)Oc1ncccc1C(=N)NO. The molecule has 0 radical (unpaired) electrons. The Hall–Kier alpha value is -1.62. The lowest BCUT2D eigenvalue weighted by molar-refractivity contribution is 0.224. The highest BCUT2D eigenvalue weighted by atomic mass is 16.5. The van der Waals surface area contributed by atoms with Crippen LogP contribution in [0, 0.1) is 5.41 Å². The molecule has 0 aliphatic carbocycles. The van der Waals surface area contributed by atoms with E-state index in [4.69, 9.17) is 15.4 Å². The van der Waals surface area contributed by atoms with Crippen molar-refractivity contribution in [3.63, 3.8) is 0 Å². The second-order valence-electron chi connectivity index (χ2n) is 3.01. The van der Waals surface area contributed by atoms with Gasteiger partial charge in [-0.25, -0.2) is 4.98 Å². The first-order chi connectivity index (χ1) is 6.65. The van der Waals surface area contributed by atoms with Crippen LogP contribution in [0.2, 0.25) is 0 Å². The molecule has 1 rings (SSSR count). The predicted octanol–water partition coefficient (Wildman–Crippen LogP) is 1.17. The summed E-state index contributed by atoms with van der Waals surface area (Å²) in [7, 11) is 0. The number of aromatic nitrogens is 1. The van der Waals surface area contributed by atoms with Gasteiger partial charge >= 0.3 is 0 Å². The van der Waals surface area contributed by atoms with Crippen molar-refractivity contribution in [3.8, 4) is 5.88 Å². The largest absolute Gasteiger partial charge is 0.474 e. The molecule has 0 bridgehead atoms. The topological polar surface area (TPSA) is 78.2 Å². The quantitative estimate of drug-likeness (QED) is 0.384. The van der Waals surface area contributed by atoms with E-state index in [-0.39, 0.29) is 11.9 Å². The maximum Gasteiger partial charge on any atom is 0.224 e. The van der Waals surface area contributed by atoms with Gasteiger partial charge in [0.2, 0.25) is 5.88 Å². The number of hydrogen-bond acceptors (Lipinski definition) is 4. The molecular formula is C9H13N3O2. The van der Waals surface area contributed by atoms with Crippen molar-refractivity contribution in [2.24, 2.45) is 0 Å². The third kappa shape index (κ3) is 2.43. The van der Waals surface area contributed by atoms with E-state index in [1.165, 1.54) is 0 Å². The molecule has 0 unspecified atom stereocenters. The van der Waals surface area contributed by atoms with E-state index in [0.717, 1.165) is 0 Å². The Labute approximate surface area is 82.2 Å². The Morgan fingerprint density at radius 2 is 2.36 bits per heavy atom. The second-order valence-corrected chi connectivity index (χ2v) is 3.01. The molecule has 0 amide bonds. The number of hydroxylamine groups is 1. The minimum absolute atomic E-state index is 0.0184. The summed E-state index contributed by atoms with van der Waals surface area (Å²) in [6, 6.07) is 3.32. The summed E-state index contributed by atoms with van der Waals surface area (Å²) in [6.07, 6.45) is 1.56. The normalized spacial score (nSPS) is 10.0. The lowest BCUT2D eigenvalue weighted by atomic mass is 10.2. The average Bonchev–Trinajstić information content (AvgIpc) is 2.16. The smallest absolute Gasteiger partial charge is 0.224 e. The van der Waals surface area contributed by atoms with Crippen LogP contribution in [0.1, 0.15) is 19.4 Å². The van der Waals surface area contributed by atoms with Crippen molar-refractivity contribution in [2.45, 2.75) is 20.0 Å². The highest BCUT2D eigenvalue weighted by Crippen LogP contribution is 2.15. The molecule has 76 valence electrons. The number of pyridine rings is 1. The van der Waals surface area contributed by atoms with E-state index in [1.807, 2.05) is 13.8 Å². The second kappa shape index (κ2) is 4.57. The summed E-state index contributed by atoms with van der Waals surface area (Å²) in [5.74, 6) is 0.211. The van der Waals surface area contributed by atoms with E-state index in [1.54, 1.807) is 23.8 Å². The van der Waals surface area contributed by atoms with Crippen molar-refractivity contribution in [1.29, 1.82) is 5.41 Å². The van der Waals surface area contributed by atoms with E-state index >= 15 is 0 Å². The zero-order valence-electron chi connectivity index (χ0n) is 8.11. The molecule has 1 aromatic rings. The van der Waals surface area contributed by atoms with Gasteiger partial charge in [0, 0.05) is 6.20 Å². The van der Waals surface area contributed by atoms with E-state index in [9.17, 15) is 0 Å². The summed E-state index contributed by atoms with van der Waals surface area (Å²) in [4.78, 5) is 3.97. The lowest BCUT2D eigenvalue weighted by Gasteiger charge is -2.12. The van der Waals surface area contributed by atoms with Crippen LogP contribution in [-0.4, -0.2) is 22.1 Å². The fraction of sp³-hybridized carbons (Fsp3) is 0.333. The number of nitrogens with zero attached hydrogens (tertiary/aromatic N) is 1. The monoisotopic (exact) mass is 195 g/mol. The Morgan fingerprint density at radius 3 is 2.93 bits per heavy atom. The number of ether oxygens (including phenoxy) is 1. The fourth-order valence-corrected chi connectivity index (χ4v) is 0.958. The predicted molar refractivity (Wildman–Crippen MR) is 51.8 cm³/mol. The van der Waals surface area contributed by atoms with Gasteiger partial charge in [0.15, 0.2) is 5.84 Å². The van der Waals surface area contributed by atoms with Gasteiger partial charge in [-0.2, -0.15) is 0 Å². The molecule has 0 saturated heterocycles. The van der Waals surface area contributed by atoms with Gasteiger partial charge in [-0.1, -0.05) is 0 Å². The zero-order valence-corrected chi connectivity index (χ0v) is 8.11. The maximum atomic E-state index is 8.59. The molecule has 0 atom stereocenters. The number of hydrogen-bond donors (Lipinski definition) is 3. The Bertz CT molecular complexity index is 326. The molecule has 14 heavy (non-hydrogen) atoms. The van der Waals surface area contributed by atoms with Crippen molar-refractivity contribution >= 4 is 5.84 Å². The summed E-state index contributed by atoms with van der Waals surface area (Å²) in [5, 5.41) is 16.0. The van der Waals surface area contributed by atoms with Crippen LogP contribution in [0.3, 0.4) is 0 Å². The molecule has 0 aliphatic heterocycles. The zero-order chi connectivity index (χ0) is 10.6. The van der Waals surface area contributed by atoms with Crippen LogP contribution in [0.5, 0.6) is 5.88 Å². The van der Waals surface area contributed by atoms with Gasteiger partial charge in [-0.15, -0.1) is 0 Å². The first kappa shape index (κ1) is 10.5. The van der Waals surface area contributed by atoms with E-state index < -0.39 is 0 Å². The first-order valence-corrected chi connectivity index (χ1v) is 4.26. The summed E-state index contributed by atoms with van der Waals surface area (Å²) in [5.41, 5.74) is 2.19. The molecule has 0 saturated carbocycles. The van der Waals surface area contributed by atoms with Crippen LogP contribution < -0.4 is 10.2 Å². The molecule has 0 spiro atoms. The minimum atomic E-state index is -0.131. The summed E-state index contributed by atoms with van der Waals surface area (Å²) >= 11 is 0. The van der Waals surface area contributed by atoms with Crippen LogP contribution in [0.25, 0.3) is 0 Å². The third-order valence-corrected chi connectivity index (χ3v) is 1.50. The van der Waals surface area contributed by atoms with Crippen LogP contribution in [0.4, 0.5) is 0 Å². The number of rotatable bonds is 3. The van der Waals surface area contributed by atoms with Gasteiger partial charge in [0.05, 0.1) is 11.7 Å². The van der Waals surface area contributed by atoms with Gasteiger partial charge < -0.3 is 4.74 Å². The fourth-order valence-electron chi connectivity index (χ4n) is 0.958. The Kier molecular flexibility index (Phi) is 3.41. The highest BCUT2D eigenvalue weighted by molar-refractivity contribution is 5.97. The molecule has 0 aromatic carbocycles. The van der Waals surface area contributed by atoms with Gasteiger partial charge in [-0.05, 0) is 26.0 Å². The molecule has 5 heteroatoms. The molecule has 3 N–H and O–H groups in total. The summed E-state index contributed by atoms with van der Waals surface area (Å²) in [6.45, 7) is 3.74. The molecule has 0 aliphatic rings. The van der Waals surface area contributed by atoms with E-state index in [0.29, 0.717) is 11.4 Å². The number of amidine groups is 1. The van der Waals surface area contributed by atoms with Crippen molar-refractivity contribution in [1.82, 2.24) is 10.5 Å².